The van der Waals surface area contributed by atoms with E-state index in [4.69, 9.17) is 4.74 Å². The van der Waals surface area contributed by atoms with Gasteiger partial charge in [-0.3, -0.25) is 4.90 Å². The number of hydrogen-bond acceptors (Lipinski definition) is 4. The average Bonchev–Trinajstić information content (AvgIpc) is 2.91. The number of rotatable bonds is 6. The van der Waals surface area contributed by atoms with Gasteiger partial charge in [-0.1, -0.05) is 6.07 Å². The molecule has 0 spiro atoms. The third kappa shape index (κ3) is 4.46. The van der Waals surface area contributed by atoms with E-state index in [2.05, 4.69) is 27.7 Å². The van der Waals surface area contributed by atoms with Crippen molar-refractivity contribution in [3.05, 3.63) is 22.4 Å². The normalized spacial score (nSPS) is 24.7. The van der Waals surface area contributed by atoms with Gasteiger partial charge in [-0.05, 0) is 36.6 Å². The molecule has 0 aliphatic carbocycles. The number of thiophene rings is 1. The summed E-state index contributed by atoms with van der Waals surface area (Å²) in [6.07, 6.45) is 3.37. The van der Waals surface area contributed by atoms with Crippen LogP contribution in [-0.2, 0) is 11.2 Å². The Labute approximate surface area is 142 Å². The molecule has 2 amide bonds. The lowest BCUT2D eigenvalue weighted by Crippen LogP contribution is -2.47. The third-order valence-electron chi connectivity index (χ3n) is 4.92. The number of amides is 2. The van der Waals surface area contributed by atoms with E-state index in [-0.39, 0.29) is 6.03 Å². The number of carbonyl (C=O) groups excluding carboxylic acids is 1. The van der Waals surface area contributed by atoms with Gasteiger partial charge in [-0.2, -0.15) is 0 Å². The minimum atomic E-state index is 0.104. The third-order valence-corrected chi connectivity index (χ3v) is 5.86. The van der Waals surface area contributed by atoms with Crippen LogP contribution in [0.2, 0.25) is 0 Å². The highest BCUT2D eigenvalue weighted by Crippen LogP contribution is 2.27. The Bertz CT molecular complexity index is 494. The van der Waals surface area contributed by atoms with Gasteiger partial charge in [0.2, 0.25) is 0 Å². The molecule has 3 fully saturated rings. The van der Waals surface area contributed by atoms with Gasteiger partial charge in [0.05, 0.1) is 6.61 Å². The largest absolute Gasteiger partial charge is 0.383 e. The van der Waals surface area contributed by atoms with Crippen LogP contribution in [0, 0.1) is 5.92 Å². The first kappa shape index (κ1) is 16.7. The number of fused-ring (bicyclic) bond motifs is 4. The number of urea groups is 1. The fraction of sp³-hybridized carbons (Fsp3) is 0.706. The van der Waals surface area contributed by atoms with E-state index in [9.17, 15) is 4.79 Å². The van der Waals surface area contributed by atoms with Crippen LogP contribution in [0.25, 0.3) is 0 Å². The van der Waals surface area contributed by atoms with Crippen molar-refractivity contribution in [3.63, 3.8) is 0 Å². The van der Waals surface area contributed by atoms with Crippen molar-refractivity contribution in [2.45, 2.75) is 25.3 Å². The molecule has 2 bridgehead atoms. The highest BCUT2D eigenvalue weighted by atomic mass is 32.1. The Balaban J connectivity index is 1.49. The van der Waals surface area contributed by atoms with E-state index < -0.39 is 0 Å². The van der Waals surface area contributed by atoms with E-state index in [0.717, 1.165) is 45.8 Å². The lowest BCUT2D eigenvalue weighted by Gasteiger charge is -2.35. The monoisotopic (exact) mass is 337 g/mol. The average molecular weight is 337 g/mol. The molecule has 1 N–H and O–H groups in total. The molecule has 0 radical (unpaired) electrons. The second-order valence-corrected chi connectivity index (χ2v) is 7.58. The molecule has 1 aromatic rings. The Kier molecular flexibility index (Phi) is 5.91. The number of ether oxygens (including phenoxy) is 1. The summed E-state index contributed by atoms with van der Waals surface area (Å²) in [6, 6.07) is 4.78. The van der Waals surface area contributed by atoms with E-state index in [1.807, 2.05) is 4.90 Å². The zero-order valence-corrected chi connectivity index (χ0v) is 14.7. The lowest BCUT2D eigenvalue weighted by molar-refractivity contribution is 0.0874. The molecule has 3 aliphatic rings. The smallest absolute Gasteiger partial charge is 0.317 e. The highest BCUT2D eigenvalue weighted by Gasteiger charge is 2.36. The molecule has 5 nitrogen and oxygen atoms in total. The molecular formula is C17H27N3O2S. The number of nitrogens with zero attached hydrogens (tertiary/aromatic N) is 2. The molecule has 0 aromatic carbocycles. The van der Waals surface area contributed by atoms with Gasteiger partial charge in [0, 0.05) is 50.8 Å². The van der Waals surface area contributed by atoms with Crippen LogP contribution in [-0.4, -0.2) is 68.3 Å². The summed E-state index contributed by atoms with van der Waals surface area (Å²) in [4.78, 5) is 18.4. The SMILES string of the molecule is COCCN1C[C@H]2CC[C@@H]1CN(C(=O)NCCc1cccs1)C2. The van der Waals surface area contributed by atoms with Crippen LogP contribution < -0.4 is 5.32 Å². The van der Waals surface area contributed by atoms with Crippen molar-refractivity contribution in [2.75, 3.05) is 46.4 Å². The van der Waals surface area contributed by atoms with E-state index in [1.54, 1.807) is 18.4 Å². The molecule has 4 rings (SSSR count). The highest BCUT2D eigenvalue weighted by molar-refractivity contribution is 7.09. The first-order valence-electron chi connectivity index (χ1n) is 8.54. The number of carbonyl (C=O) groups is 1. The van der Waals surface area contributed by atoms with Crippen molar-refractivity contribution in [1.82, 2.24) is 15.1 Å². The standard InChI is InChI=1S/C17H27N3O2S/c1-22-9-8-19-11-14-4-5-15(19)13-20(12-14)17(21)18-7-6-16-3-2-10-23-16/h2-3,10,14-15H,4-9,11-13H2,1H3,(H,18,21)/t14-,15-/m1/s1. The van der Waals surface area contributed by atoms with Crippen LogP contribution in [0.4, 0.5) is 4.79 Å². The Morgan fingerprint density at radius 3 is 3.09 bits per heavy atom. The van der Waals surface area contributed by atoms with Gasteiger partial charge in [0.15, 0.2) is 0 Å². The molecule has 23 heavy (non-hydrogen) atoms. The first-order chi connectivity index (χ1) is 11.3. The first-order valence-corrected chi connectivity index (χ1v) is 9.42. The van der Waals surface area contributed by atoms with Crippen LogP contribution in [0.15, 0.2) is 17.5 Å². The van der Waals surface area contributed by atoms with E-state index in [0.29, 0.717) is 12.0 Å². The Morgan fingerprint density at radius 2 is 2.30 bits per heavy atom. The molecule has 0 saturated carbocycles. The number of hydrogen-bond donors (Lipinski definition) is 1. The second-order valence-electron chi connectivity index (χ2n) is 6.55. The van der Waals surface area contributed by atoms with Gasteiger partial charge in [0.25, 0.3) is 0 Å². The Morgan fingerprint density at radius 1 is 1.39 bits per heavy atom. The molecule has 128 valence electrons. The molecule has 1 aromatic heterocycles. The van der Waals surface area contributed by atoms with Crippen LogP contribution in [0.5, 0.6) is 0 Å². The van der Waals surface area contributed by atoms with Crippen LogP contribution in [0.1, 0.15) is 17.7 Å². The van der Waals surface area contributed by atoms with Gasteiger partial charge in [0.1, 0.15) is 0 Å². The minimum absolute atomic E-state index is 0.104. The molecule has 3 aliphatic heterocycles. The summed E-state index contributed by atoms with van der Waals surface area (Å²) < 4.78 is 5.22. The van der Waals surface area contributed by atoms with Gasteiger partial charge in [-0.25, -0.2) is 4.79 Å². The summed E-state index contributed by atoms with van der Waals surface area (Å²) in [7, 11) is 1.75. The van der Waals surface area contributed by atoms with Crippen LogP contribution >= 0.6 is 11.3 Å². The molecule has 4 heterocycles. The summed E-state index contributed by atoms with van der Waals surface area (Å²) >= 11 is 1.75. The van der Waals surface area contributed by atoms with Gasteiger partial charge < -0.3 is 15.0 Å². The molecular weight excluding hydrogens is 310 g/mol. The van der Waals surface area contributed by atoms with Crippen molar-refractivity contribution in [2.24, 2.45) is 5.92 Å². The second kappa shape index (κ2) is 8.13. The van der Waals surface area contributed by atoms with Crippen molar-refractivity contribution < 1.29 is 9.53 Å². The summed E-state index contributed by atoms with van der Waals surface area (Å²) in [5.74, 6) is 0.605. The van der Waals surface area contributed by atoms with E-state index in [1.165, 1.54) is 17.7 Å². The minimum Gasteiger partial charge on any atom is -0.383 e. The number of methoxy groups -OCH3 is 1. The van der Waals surface area contributed by atoms with Crippen LogP contribution in [0.3, 0.4) is 0 Å². The fourth-order valence-corrected chi connectivity index (χ4v) is 4.40. The van der Waals surface area contributed by atoms with Gasteiger partial charge >= 0.3 is 6.03 Å². The fourth-order valence-electron chi connectivity index (χ4n) is 3.69. The lowest BCUT2D eigenvalue weighted by atomic mass is 9.95. The van der Waals surface area contributed by atoms with Crippen molar-refractivity contribution in [1.29, 1.82) is 0 Å². The maximum atomic E-state index is 12.5. The Hall–Kier alpha value is -1.11. The van der Waals surface area contributed by atoms with Gasteiger partial charge in [-0.15, -0.1) is 11.3 Å². The molecule has 3 saturated heterocycles. The summed E-state index contributed by atoms with van der Waals surface area (Å²) in [6.45, 7) is 5.32. The van der Waals surface area contributed by atoms with Crippen molar-refractivity contribution >= 4 is 17.4 Å². The summed E-state index contributed by atoms with van der Waals surface area (Å²) in [5.41, 5.74) is 0. The maximum absolute atomic E-state index is 12.5. The quantitative estimate of drug-likeness (QED) is 0.864. The topological polar surface area (TPSA) is 44.8 Å². The summed E-state index contributed by atoms with van der Waals surface area (Å²) in [5, 5.41) is 5.18. The molecule has 0 unspecified atom stereocenters. The zero-order chi connectivity index (χ0) is 16.1. The predicted octanol–water partition coefficient (Wildman–Crippen LogP) is 2.04. The zero-order valence-electron chi connectivity index (χ0n) is 13.9. The number of nitrogens with one attached hydrogen (secondary N) is 1. The van der Waals surface area contributed by atoms with Crippen molar-refractivity contribution in [3.8, 4) is 0 Å². The number of piperidine rings is 1. The predicted molar refractivity (Wildman–Crippen MR) is 93.0 cm³/mol. The van der Waals surface area contributed by atoms with E-state index >= 15 is 0 Å². The molecule has 2 atom stereocenters. The molecule has 6 heteroatoms. The maximum Gasteiger partial charge on any atom is 0.317 e.